The van der Waals surface area contributed by atoms with Crippen molar-refractivity contribution in [3.05, 3.63) is 36.5 Å². The third kappa shape index (κ3) is 31.5. The summed E-state index contributed by atoms with van der Waals surface area (Å²) >= 11 is 0. The molecule has 50 heavy (non-hydrogen) atoms. The Kier molecular flexibility index (Phi) is 32.0. The molecule has 0 bridgehead atoms. The zero-order valence-electron chi connectivity index (χ0n) is 32.8. The molecule has 0 aromatic rings. The molecule has 0 aromatic heterocycles. The minimum Gasteiger partial charge on any atom is -0.477 e. The second kappa shape index (κ2) is 33.7. The fourth-order valence-corrected chi connectivity index (χ4v) is 5.59. The molecule has 8 heteroatoms. The number of quaternary nitrogens is 1. The van der Waals surface area contributed by atoms with Gasteiger partial charge >= 0.3 is 17.9 Å². The van der Waals surface area contributed by atoms with Gasteiger partial charge < -0.3 is 23.8 Å². The number of aliphatic carboxylic acids is 1. The summed E-state index contributed by atoms with van der Waals surface area (Å²) in [6.07, 6.45) is 36.1. The average molecular weight is 707 g/mol. The molecule has 0 radical (unpaired) electrons. The molecule has 0 fully saturated rings. The molecular weight excluding hydrogens is 630 g/mol. The molecule has 0 amide bonds. The van der Waals surface area contributed by atoms with Gasteiger partial charge in [-0.1, -0.05) is 121 Å². The summed E-state index contributed by atoms with van der Waals surface area (Å²) in [7, 11) is 5.51. The van der Waals surface area contributed by atoms with Crippen LogP contribution in [0, 0.1) is 0 Å². The van der Waals surface area contributed by atoms with E-state index in [1.54, 1.807) is 0 Å². The first-order chi connectivity index (χ1) is 24.1. The van der Waals surface area contributed by atoms with Crippen LogP contribution in [0.4, 0.5) is 0 Å². The van der Waals surface area contributed by atoms with Crippen molar-refractivity contribution in [2.45, 2.75) is 174 Å². The standard InChI is InChI=1S/C42H75NO7/c1-6-8-10-12-14-16-18-19-20-21-23-25-27-29-31-33-41(45)50-38(36-48-35-34-39(42(46)47)43(3,4)5)37-49-40(44)32-30-28-26-24-22-17-15-13-11-9-7-2/h13-16,18-19,38-39H,6-12,17,20-37H2,1-5H3/p+1/b15-13+,16-14+,19-18+. The molecule has 0 aliphatic heterocycles. The lowest BCUT2D eigenvalue weighted by Gasteiger charge is -2.31. The van der Waals surface area contributed by atoms with Crippen LogP contribution in [0.1, 0.15) is 162 Å². The summed E-state index contributed by atoms with van der Waals surface area (Å²) in [4.78, 5) is 36.8. The number of ether oxygens (including phenoxy) is 3. The second-order valence-electron chi connectivity index (χ2n) is 14.6. The van der Waals surface area contributed by atoms with E-state index in [4.69, 9.17) is 14.2 Å². The highest BCUT2D eigenvalue weighted by molar-refractivity contribution is 5.72. The highest BCUT2D eigenvalue weighted by atomic mass is 16.6. The fraction of sp³-hybridized carbons (Fsp3) is 0.786. The van der Waals surface area contributed by atoms with Gasteiger partial charge in [0.2, 0.25) is 0 Å². The summed E-state index contributed by atoms with van der Waals surface area (Å²) in [5, 5.41) is 9.59. The lowest BCUT2D eigenvalue weighted by molar-refractivity contribution is -0.887. The van der Waals surface area contributed by atoms with Crippen LogP contribution in [0.5, 0.6) is 0 Å². The molecule has 290 valence electrons. The Balaban J connectivity index is 4.43. The monoisotopic (exact) mass is 707 g/mol. The lowest BCUT2D eigenvalue weighted by Crippen LogP contribution is -2.50. The van der Waals surface area contributed by atoms with Crippen LogP contribution < -0.4 is 0 Å². The first kappa shape index (κ1) is 47.5. The fourth-order valence-electron chi connectivity index (χ4n) is 5.59. The summed E-state index contributed by atoms with van der Waals surface area (Å²) in [6, 6.07) is -0.616. The van der Waals surface area contributed by atoms with E-state index in [0.29, 0.717) is 19.3 Å². The first-order valence-electron chi connectivity index (χ1n) is 20.0. The van der Waals surface area contributed by atoms with Crippen LogP contribution in [0.15, 0.2) is 36.5 Å². The minimum atomic E-state index is -0.880. The highest BCUT2D eigenvalue weighted by Gasteiger charge is 2.31. The maximum atomic E-state index is 12.7. The molecule has 0 rings (SSSR count). The van der Waals surface area contributed by atoms with E-state index in [9.17, 15) is 19.5 Å². The zero-order valence-corrected chi connectivity index (χ0v) is 32.8. The molecule has 0 saturated heterocycles. The third-order valence-corrected chi connectivity index (χ3v) is 8.79. The molecular formula is C42H76NO7+. The number of esters is 2. The number of likely N-dealkylation sites (N-methyl/N-ethyl adjacent to an activating group) is 1. The van der Waals surface area contributed by atoms with Crippen molar-refractivity contribution in [2.24, 2.45) is 0 Å². The average Bonchev–Trinajstić information content (AvgIpc) is 3.06. The maximum Gasteiger partial charge on any atom is 0.362 e. The van der Waals surface area contributed by atoms with Gasteiger partial charge in [-0.2, -0.15) is 0 Å². The third-order valence-electron chi connectivity index (χ3n) is 8.79. The first-order valence-corrected chi connectivity index (χ1v) is 20.0. The molecule has 0 aliphatic rings. The van der Waals surface area contributed by atoms with E-state index >= 15 is 0 Å². The Labute approximate surface area is 306 Å². The number of allylic oxidation sites excluding steroid dienone is 6. The van der Waals surface area contributed by atoms with Gasteiger partial charge in [-0.3, -0.25) is 9.59 Å². The van der Waals surface area contributed by atoms with Gasteiger partial charge in [0.05, 0.1) is 34.4 Å². The molecule has 8 nitrogen and oxygen atoms in total. The van der Waals surface area contributed by atoms with E-state index in [1.165, 1.54) is 57.8 Å². The Bertz CT molecular complexity index is 922. The second-order valence-corrected chi connectivity index (χ2v) is 14.6. The summed E-state index contributed by atoms with van der Waals surface area (Å²) in [5.41, 5.74) is 0. The SMILES string of the molecule is CCCC/C=C/CCCCCCCC(=O)OCC(COCCC(C(=O)O)[N+](C)(C)C)OC(=O)CCCCCCCC/C=C/C=C/CCCCC. The van der Waals surface area contributed by atoms with Crippen LogP contribution in [-0.4, -0.2) is 80.6 Å². The van der Waals surface area contributed by atoms with Crippen LogP contribution in [-0.2, 0) is 28.6 Å². The molecule has 0 saturated carbocycles. The molecule has 0 aliphatic carbocycles. The van der Waals surface area contributed by atoms with Gasteiger partial charge in [0.15, 0.2) is 12.1 Å². The van der Waals surface area contributed by atoms with Crippen LogP contribution in [0.2, 0.25) is 0 Å². The van der Waals surface area contributed by atoms with Crippen LogP contribution in [0.25, 0.3) is 0 Å². The largest absolute Gasteiger partial charge is 0.477 e. The van der Waals surface area contributed by atoms with E-state index < -0.39 is 18.1 Å². The van der Waals surface area contributed by atoms with E-state index in [1.807, 2.05) is 21.1 Å². The molecule has 1 N–H and O–H groups in total. The maximum absolute atomic E-state index is 12.7. The van der Waals surface area contributed by atoms with E-state index in [-0.39, 0.29) is 36.2 Å². The number of nitrogens with zero attached hydrogens (tertiary/aromatic N) is 1. The number of carbonyl (C=O) groups is 3. The Hall–Kier alpha value is -2.45. The number of unbranched alkanes of at least 4 members (excludes halogenated alkanes) is 16. The van der Waals surface area contributed by atoms with Gasteiger partial charge in [0, 0.05) is 19.3 Å². The van der Waals surface area contributed by atoms with Crippen molar-refractivity contribution in [1.29, 1.82) is 0 Å². The van der Waals surface area contributed by atoms with E-state index in [0.717, 1.165) is 70.6 Å². The molecule has 0 heterocycles. The lowest BCUT2D eigenvalue weighted by atomic mass is 10.1. The van der Waals surface area contributed by atoms with Gasteiger partial charge in [0.25, 0.3) is 0 Å². The number of carboxylic acid groups (broad SMARTS) is 1. The summed E-state index contributed by atoms with van der Waals surface area (Å²) in [6.45, 7) is 4.63. The van der Waals surface area contributed by atoms with Gasteiger partial charge in [-0.15, -0.1) is 0 Å². The number of carbonyl (C=O) groups excluding carboxylic acids is 2. The van der Waals surface area contributed by atoms with Crippen molar-refractivity contribution < 1.29 is 38.2 Å². The van der Waals surface area contributed by atoms with Crippen LogP contribution >= 0.6 is 0 Å². The minimum absolute atomic E-state index is 0.0541. The number of hydrogen-bond donors (Lipinski definition) is 1. The van der Waals surface area contributed by atoms with Gasteiger partial charge in [-0.25, -0.2) is 4.79 Å². The predicted octanol–water partition coefficient (Wildman–Crippen LogP) is 10.3. The smallest absolute Gasteiger partial charge is 0.362 e. The molecule has 2 unspecified atom stereocenters. The van der Waals surface area contributed by atoms with Crippen molar-refractivity contribution in [3.63, 3.8) is 0 Å². The number of hydrogen-bond acceptors (Lipinski definition) is 6. The Morgan fingerprint density at radius 2 is 1.08 bits per heavy atom. The molecule has 2 atom stereocenters. The van der Waals surface area contributed by atoms with Crippen molar-refractivity contribution >= 4 is 17.9 Å². The van der Waals surface area contributed by atoms with E-state index in [2.05, 4.69) is 50.3 Å². The highest BCUT2D eigenvalue weighted by Crippen LogP contribution is 2.13. The summed E-state index contributed by atoms with van der Waals surface area (Å²) < 4.78 is 17.2. The zero-order chi connectivity index (χ0) is 37.1. The quantitative estimate of drug-likeness (QED) is 0.0230. The van der Waals surface area contributed by atoms with Crippen LogP contribution in [0.3, 0.4) is 0 Å². The number of rotatable bonds is 35. The number of carboxylic acids is 1. The predicted molar refractivity (Wildman–Crippen MR) is 206 cm³/mol. The van der Waals surface area contributed by atoms with Crippen molar-refractivity contribution in [3.8, 4) is 0 Å². The molecule has 0 aromatic carbocycles. The Morgan fingerprint density at radius 1 is 0.600 bits per heavy atom. The Morgan fingerprint density at radius 3 is 1.62 bits per heavy atom. The van der Waals surface area contributed by atoms with Crippen molar-refractivity contribution in [2.75, 3.05) is 41.0 Å². The van der Waals surface area contributed by atoms with Crippen molar-refractivity contribution in [1.82, 2.24) is 0 Å². The summed E-state index contributed by atoms with van der Waals surface area (Å²) in [5.74, 6) is -1.50. The molecule has 0 spiro atoms. The topological polar surface area (TPSA) is 99.1 Å². The van der Waals surface area contributed by atoms with Gasteiger partial charge in [0.1, 0.15) is 6.61 Å². The normalized spacial score (nSPS) is 13.4. The van der Waals surface area contributed by atoms with Gasteiger partial charge in [-0.05, 0) is 57.8 Å².